The van der Waals surface area contributed by atoms with E-state index in [1.54, 1.807) is 6.07 Å². The molecule has 0 amide bonds. The minimum atomic E-state index is -1.19. The Labute approximate surface area is 154 Å². The Kier molecular flexibility index (Phi) is 3.97. The van der Waals surface area contributed by atoms with Gasteiger partial charge in [0, 0.05) is 31.6 Å². The van der Waals surface area contributed by atoms with Gasteiger partial charge in [-0.3, -0.25) is 4.79 Å². The van der Waals surface area contributed by atoms with Crippen LogP contribution in [0.4, 0.5) is 5.69 Å². The maximum atomic E-state index is 12.7. The molecule has 4 rings (SSSR count). The van der Waals surface area contributed by atoms with Crippen molar-refractivity contribution in [2.75, 3.05) is 38.1 Å². The number of pyridine rings is 1. The number of likely N-dealkylation sites (N-methyl/N-ethyl adjacent to an activating group) is 1. The number of nitrogens with zero attached hydrogens (tertiary/aromatic N) is 3. The van der Waals surface area contributed by atoms with Crippen molar-refractivity contribution in [2.24, 2.45) is 0 Å². The average Bonchev–Trinajstić information content (AvgIpc) is 2.55. The molecular weight excluding hydrogens is 362 g/mol. The van der Waals surface area contributed by atoms with Crippen LogP contribution in [0.2, 0.25) is 5.02 Å². The lowest BCUT2D eigenvalue weighted by molar-refractivity contribution is 0.0689. The largest absolute Gasteiger partial charge is 0.477 e. The van der Waals surface area contributed by atoms with Gasteiger partial charge in [-0.1, -0.05) is 23.4 Å². The highest BCUT2D eigenvalue weighted by molar-refractivity contribution is 8.00. The van der Waals surface area contributed by atoms with Crippen LogP contribution in [0.25, 0.3) is 10.9 Å². The molecule has 2 aliphatic heterocycles. The topological polar surface area (TPSA) is 65.8 Å². The molecule has 2 aliphatic rings. The summed E-state index contributed by atoms with van der Waals surface area (Å²) in [5, 5.41) is 10.9. The molecule has 1 aromatic heterocycles. The summed E-state index contributed by atoms with van der Waals surface area (Å²) in [6.07, 6.45) is 0. The quantitative estimate of drug-likeness (QED) is 0.865. The smallest absolute Gasteiger partial charge is 0.342 e. The normalized spacial score (nSPS) is 20.4. The molecule has 0 saturated carbocycles. The minimum absolute atomic E-state index is 0.0951. The van der Waals surface area contributed by atoms with Gasteiger partial charge in [0.1, 0.15) is 5.56 Å². The summed E-state index contributed by atoms with van der Waals surface area (Å²) >= 11 is 7.88. The van der Waals surface area contributed by atoms with Gasteiger partial charge in [-0.15, -0.1) is 0 Å². The number of carbonyl (C=O) groups is 1. The van der Waals surface area contributed by atoms with Crippen molar-refractivity contribution >= 4 is 45.9 Å². The molecule has 1 atom stereocenters. The van der Waals surface area contributed by atoms with Crippen LogP contribution >= 0.6 is 23.4 Å². The van der Waals surface area contributed by atoms with Crippen LogP contribution in [0.15, 0.2) is 22.0 Å². The molecule has 1 aromatic carbocycles. The van der Waals surface area contributed by atoms with E-state index in [1.807, 2.05) is 17.6 Å². The molecule has 6 nitrogen and oxygen atoms in total. The van der Waals surface area contributed by atoms with Gasteiger partial charge in [0.2, 0.25) is 5.43 Å². The van der Waals surface area contributed by atoms with Crippen LogP contribution in [0, 0.1) is 0 Å². The fourth-order valence-electron chi connectivity index (χ4n) is 3.51. The summed E-state index contributed by atoms with van der Waals surface area (Å²) in [5.41, 5.74) is 1.05. The fraction of sp³-hybridized carbons (Fsp3) is 0.412. The van der Waals surface area contributed by atoms with Crippen molar-refractivity contribution in [3.8, 4) is 0 Å². The molecule has 1 fully saturated rings. The van der Waals surface area contributed by atoms with Gasteiger partial charge >= 0.3 is 5.97 Å². The Morgan fingerprint density at radius 3 is 2.56 bits per heavy atom. The van der Waals surface area contributed by atoms with E-state index in [0.29, 0.717) is 15.4 Å². The summed E-state index contributed by atoms with van der Waals surface area (Å²) < 4.78 is 1.93. The van der Waals surface area contributed by atoms with Gasteiger partial charge in [0.15, 0.2) is 0 Å². The van der Waals surface area contributed by atoms with Gasteiger partial charge in [-0.2, -0.15) is 0 Å². The van der Waals surface area contributed by atoms with E-state index in [4.69, 9.17) is 11.6 Å². The first-order chi connectivity index (χ1) is 11.9. The second kappa shape index (κ2) is 5.93. The monoisotopic (exact) mass is 379 g/mol. The van der Waals surface area contributed by atoms with Gasteiger partial charge in [-0.25, -0.2) is 4.79 Å². The van der Waals surface area contributed by atoms with Crippen molar-refractivity contribution in [1.82, 2.24) is 9.47 Å². The molecule has 1 unspecified atom stereocenters. The van der Waals surface area contributed by atoms with Gasteiger partial charge < -0.3 is 19.5 Å². The molecule has 1 N–H and O–H groups in total. The number of aromatic nitrogens is 1. The molecule has 132 valence electrons. The molecule has 0 bridgehead atoms. The van der Waals surface area contributed by atoms with E-state index in [1.165, 1.54) is 11.8 Å². The van der Waals surface area contributed by atoms with Crippen LogP contribution in [0.5, 0.6) is 0 Å². The van der Waals surface area contributed by atoms with Gasteiger partial charge in [-0.05, 0) is 26.1 Å². The number of benzene rings is 1. The first-order valence-corrected chi connectivity index (χ1v) is 9.39. The zero-order valence-corrected chi connectivity index (χ0v) is 15.5. The number of rotatable bonds is 2. The maximum absolute atomic E-state index is 12.7. The number of thioether (sulfide) groups is 1. The lowest BCUT2D eigenvalue weighted by Crippen LogP contribution is -2.44. The molecule has 0 radical (unpaired) electrons. The average molecular weight is 380 g/mol. The molecule has 0 spiro atoms. The summed E-state index contributed by atoms with van der Waals surface area (Å²) in [7, 11) is 2.09. The molecule has 3 heterocycles. The number of carboxylic acid groups (broad SMARTS) is 1. The Hall–Kier alpha value is -1.70. The van der Waals surface area contributed by atoms with E-state index >= 15 is 0 Å². The number of hydrogen-bond donors (Lipinski definition) is 1. The molecular formula is C17H18ClN3O3S. The summed E-state index contributed by atoms with van der Waals surface area (Å²) in [6.45, 7) is 5.65. The number of hydrogen-bond acceptors (Lipinski definition) is 5. The van der Waals surface area contributed by atoms with Gasteiger partial charge in [0.25, 0.3) is 0 Å². The minimum Gasteiger partial charge on any atom is -0.477 e. The Morgan fingerprint density at radius 1 is 1.28 bits per heavy atom. The lowest BCUT2D eigenvalue weighted by Gasteiger charge is -2.36. The molecule has 1 saturated heterocycles. The van der Waals surface area contributed by atoms with Crippen molar-refractivity contribution < 1.29 is 9.90 Å². The van der Waals surface area contributed by atoms with E-state index < -0.39 is 11.4 Å². The highest BCUT2D eigenvalue weighted by Gasteiger charge is 2.33. The standard InChI is InChI=1S/C17H18ClN3O3S/c1-9-21-12-8-13(20-5-3-19(2)4-6-20)11(18)7-10(12)15(22)14(17(23)24)16(21)25-9/h7-9H,3-6H2,1-2H3,(H,23,24). The third-order valence-corrected chi connectivity index (χ3v) is 6.41. The molecule has 2 aromatic rings. The van der Waals surface area contributed by atoms with Crippen LogP contribution in [0.3, 0.4) is 0 Å². The molecule has 25 heavy (non-hydrogen) atoms. The number of fused-ring (bicyclic) bond motifs is 3. The van der Waals surface area contributed by atoms with Crippen LogP contribution in [-0.2, 0) is 0 Å². The van der Waals surface area contributed by atoms with E-state index in [0.717, 1.165) is 37.4 Å². The lowest BCUT2D eigenvalue weighted by atomic mass is 10.1. The highest BCUT2D eigenvalue weighted by Crippen LogP contribution is 2.47. The maximum Gasteiger partial charge on any atom is 0.342 e. The van der Waals surface area contributed by atoms with Crippen LogP contribution < -0.4 is 10.3 Å². The third kappa shape index (κ3) is 2.53. The number of halogens is 1. The zero-order valence-electron chi connectivity index (χ0n) is 14.0. The first kappa shape index (κ1) is 16.8. The third-order valence-electron chi connectivity index (χ3n) is 4.93. The van der Waals surface area contributed by atoms with Crippen molar-refractivity contribution in [2.45, 2.75) is 17.3 Å². The van der Waals surface area contributed by atoms with E-state index in [2.05, 4.69) is 16.8 Å². The number of piperazine rings is 1. The molecule has 8 heteroatoms. The summed E-state index contributed by atoms with van der Waals surface area (Å²) in [4.78, 5) is 28.7. The second-order valence-corrected chi connectivity index (χ2v) is 8.22. The second-order valence-electron chi connectivity index (χ2n) is 6.51. The number of anilines is 1. The number of carboxylic acids is 1. The van der Waals surface area contributed by atoms with Crippen LogP contribution in [0.1, 0.15) is 22.7 Å². The van der Waals surface area contributed by atoms with Crippen molar-refractivity contribution in [3.05, 3.63) is 32.9 Å². The van der Waals surface area contributed by atoms with E-state index in [-0.39, 0.29) is 10.9 Å². The molecule has 0 aliphatic carbocycles. The van der Waals surface area contributed by atoms with E-state index in [9.17, 15) is 14.7 Å². The van der Waals surface area contributed by atoms with Crippen molar-refractivity contribution in [1.29, 1.82) is 0 Å². The van der Waals surface area contributed by atoms with Crippen LogP contribution in [-0.4, -0.2) is 53.8 Å². The fourth-order valence-corrected chi connectivity index (χ4v) is 4.95. The highest BCUT2D eigenvalue weighted by atomic mass is 35.5. The van der Waals surface area contributed by atoms with Gasteiger partial charge in [0.05, 0.1) is 26.6 Å². The Morgan fingerprint density at radius 2 is 1.96 bits per heavy atom. The first-order valence-electron chi connectivity index (χ1n) is 8.13. The predicted molar refractivity (Wildman–Crippen MR) is 100 cm³/mol. The Bertz CT molecular complexity index is 951. The summed E-state index contributed by atoms with van der Waals surface area (Å²) in [5.74, 6) is -1.19. The van der Waals surface area contributed by atoms with Crippen molar-refractivity contribution in [3.63, 3.8) is 0 Å². The number of aromatic carboxylic acids is 1. The SMILES string of the molecule is CC1Sc2c(C(=O)O)c(=O)c3cc(Cl)c(N4CCN(C)CC4)cc3n21. The zero-order chi connectivity index (χ0) is 17.9. The predicted octanol–water partition coefficient (Wildman–Crippen LogP) is 2.73. The Balaban J connectivity index is 1.93. The summed E-state index contributed by atoms with van der Waals surface area (Å²) in [6, 6.07) is 3.57.